The van der Waals surface area contributed by atoms with Crippen molar-refractivity contribution in [3.05, 3.63) is 20.8 Å². The summed E-state index contributed by atoms with van der Waals surface area (Å²) in [5.41, 5.74) is 5.22. The third kappa shape index (κ3) is 2.97. The second-order valence-corrected chi connectivity index (χ2v) is 6.39. The minimum absolute atomic E-state index is 0.195. The SMILES string of the molecule is CCSC1CCC(Nc2c(N)n(C)c(=O)[nH]c2=O)C1. The first-order valence-electron chi connectivity index (χ1n) is 6.49. The van der Waals surface area contributed by atoms with Crippen LogP contribution in [-0.2, 0) is 7.05 Å². The summed E-state index contributed by atoms with van der Waals surface area (Å²) in [7, 11) is 1.54. The van der Waals surface area contributed by atoms with E-state index in [0.717, 1.165) is 25.0 Å². The van der Waals surface area contributed by atoms with Crippen LogP contribution in [0, 0.1) is 0 Å². The van der Waals surface area contributed by atoms with E-state index in [1.165, 1.54) is 4.57 Å². The highest BCUT2D eigenvalue weighted by Crippen LogP contribution is 2.31. The molecule has 2 unspecified atom stereocenters. The van der Waals surface area contributed by atoms with Crippen LogP contribution in [-0.4, -0.2) is 26.6 Å². The van der Waals surface area contributed by atoms with Crippen LogP contribution in [0.5, 0.6) is 0 Å². The van der Waals surface area contributed by atoms with Crippen molar-refractivity contribution in [1.29, 1.82) is 0 Å². The minimum Gasteiger partial charge on any atom is -0.383 e. The van der Waals surface area contributed by atoms with Crippen LogP contribution in [0.2, 0.25) is 0 Å². The number of H-pyrrole nitrogens is 1. The van der Waals surface area contributed by atoms with E-state index in [2.05, 4.69) is 17.2 Å². The molecule has 1 aromatic rings. The fourth-order valence-corrected chi connectivity index (χ4v) is 3.58. The van der Waals surface area contributed by atoms with Gasteiger partial charge in [0.2, 0.25) is 0 Å². The Bertz CT molecular complexity index is 566. The fraction of sp³-hybridized carbons (Fsp3) is 0.667. The monoisotopic (exact) mass is 284 g/mol. The van der Waals surface area contributed by atoms with Crippen molar-refractivity contribution in [2.75, 3.05) is 16.8 Å². The molecule has 0 aromatic carbocycles. The maximum absolute atomic E-state index is 11.8. The standard InChI is InChI=1S/C12H20N4O2S/c1-3-19-8-5-4-7(6-8)14-9-10(13)16(2)12(18)15-11(9)17/h7-8,14H,3-6,13H2,1-2H3,(H,15,17,18). The van der Waals surface area contributed by atoms with Crippen molar-refractivity contribution < 1.29 is 0 Å². The largest absolute Gasteiger partial charge is 0.383 e. The number of nitrogen functional groups attached to an aromatic ring is 1. The first kappa shape index (κ1) is 14.0. The molecule has 1 aliphatic carbocycles. The summed E-state index contributed by atoms with van der Waals surface area (Å²) in [5.74, 6) is 1.31. The Morgan fingerprint density at radius 1 is 1.47 bits per heavy atom. The maximum atomic E-state index is 11.8. The minimum atomic E-state index is -0.487. The first-order chi connectivity index (χ1) is 9.02. The zero-order valence-corrected chi connectivity index (χ0v) is 12.0. The predicted molar refractivity (Wildman–Crippen MR) is 79.9 cm³/mol. The molecule has 106 valence electrons. The molecule has 7 heteroatoms. The van der Waals surface area contributed by atoms with Gasteiger partial charge in [-0.05, 0) is 25.0 Å². The molecule has 2 atom stereocenters. The van der Waals surface area contributed by atoms with Crippen molar-refractivity contribution in [2.45, 2.75) is 37.5 Å². The molecular weight excluding hydrogens is 264 g/mol. The van der Waals surface area contributed by atoms with Crippen LogP contribution < -0.4 is 22.3 Å². The van der Waals surface area contributed by atoms with Crippen LogP contribution >= 0.6 is 11.8 Å². The van der Waals surface area contributed by atoms with Gasteiger partial charge in [-0.2, -0.15) is 11.8 Å². The topological polar surface area (TPSA) is 92.9 Å². The Hall–Kier alpha value is -1.37. The normalized spacial score (nSPS) is 22.6. The average Bonchev–Trinajstić information content (AvgIpc) is 2.80. The molecule has 0 aliphatic heterocycles. The van der Waals surface area contributed by atoms with Gasteiger partial charge in [0.1, 0.15) is 11.5 Å². The number of hydrogen-bond acceptors (Lipinski definition) is 5. The number of rotatable bonds is 4. The quantitative estimate of drug-likeness (QED) is 0.758. The molecule has 0 radical (unpaired) electrons. The van der Waals surface area contributed by atoms with Gasteiger partial charge in [0.05, 0.1) is 0 Å². The summed E-state index contributed by atoms with van der Waals surface area (Å²) >= 11 is 1.95. The molecule has 6 nitrogen and oxygen atoms in total. The summed E-state index contributed by atoms with van der Waals surface area (Å²) in [6.07, 6.45) is 3.21. The summed E-state index contributed by atoms with van der Waals surface area (Å²) in [6, 6.07) is 0.255. The van der Waals surface area contributed by atoms with Crippen LogP contribution in [0.4, 0.5) is 11.5 Å². The summed E-state index contributed by atoms with van der Waals surface area (Å²) in [4.78, 5) is 25.4. The zero-order valence-electron chi connectivity index (χ0n) is 11.2. The highest BCUT2D eigenvalue weighted by atomic mass is 32.2. The Labute approximate surface area is 115 Å². The van der Waals surface area contributed by atoms with Gasteiger partial charge in [-0.25, -0.2) is 4.79 Å². The molecule has 1 saturated carbocycles. The number of nitrogens with two attached hydrogens (primary N) is 1. The number of thioether (sulfide) groups is 1. The van der Waals surface area contributed by atoms with Gasteiger partial charge in [0, 0.05) is 18.3 Å². The highest BCUT2D eigenvalue weighted by molar-refractivity contribution is 7.99. The van der Waals surface area contributed by atoms with Crippen LogP contribution in [0.3, 0.4) is 0 Å². The third-order valence-electron chi connectivity index (χ3n) is 3.51. The molecule has 1 heterocycles. The molecule has 0 amide bonds. The smallest absolute Gasteiger partial charge is 0.329 e. The van der Waals surface area contributed by atoms with E-state index >= 15 is 0 Å². The zero-order chi connectivity index (χ0) is 14.0. The van der Waals surface area contributed by atoms with Gasteiger partial charge in [0.25, 0.3) is 5.56 Å². The third-order valence-corrected chi connectivity index (χ3v) is 4.74. The van der Waals surface area contributed by atoms with Crippen molar-refractivity contribution in [1.82, 2.24) is 9.55 Å². The lowest BCUT2D eigenvalue weighted by atomic mass is 10.2. The highest BCUT2D eigenvalue weighted by Gasteiger charge is 2.25. The maximum Gasteiger partial charge on any atom is 0.329 e. The molecule has 2 rings (SSSR count). The van der Waals surface area contributed by atoms with Gasteiger partial charge in [0.15, 0.2) is 0 Å². The molecule has 0 bridgehead atoms. The van der Waals surface area contributed by atoms with Crippen LogP contribution in [0.25, 0.3) is 0 Å². The average molecular weight is 284 g/mol. The number of nitrogens with zero attached hydrogens (tertiary/aromatic N) is 1. The number of anilines is 2. The molecule has 1 aromatic heterocycles. The molecule has 0 spiro atoms. The number of nitrogens with one attached hydrogen (secondary N) is 2. The Morgan fingerprint density at radius 2 is 2.21 bits per heavy atom. The van der Waals surface area contributed by atoms with Crippen molar-refractivity contribution in [3.63, 3.8) is 0 Å². The molecule has 19 heavy (non-hydrogen) atoms. The van der Waals surface area contributed by atoms with E-state index in [-0.39, 0.29) is 11.9 Å². The van der Waals surface area contributed by atoms with Crippen molar-refractivity contribution >= 4 is 23.3 Å². The van der Waals surface area contributed by atoms with Gasteiger partial charge in [-0.3, -0.25) is 14.3 Å². The van der Waals surface area contributed by atoms with E-state index in [1.54, 1.807) is 7.05 Å². The van der Waals surface area contributed by atoms with Gasteiger partial charge in [-0.1, -0.05) is 6.92 Å². The Morgan fingerprint density at radius 3 is 2.89 bits per heavy atom. The van der Waals surface area contributed by atoms with E-state index in [4.69, 9.17) is 5.73 Å². The van der Waals surface area contributed by atoms with E-state index in [9.17, 15) is 9.59 Å². The van der Waals surface area contributed by atoms with Crippen LogP contribution in [0.15, 0.2) is 9.59 Å². The Kier molecular flexibility index (Phi) is 4.24. The van der Waals surface area contributed by atoms with Gasteiger partial charge < -0.3 is 11.1 Å². The van der Waals surface area contributed by atoms with Crippen LogP contribution in [0.1, 0.15) is 26.2 Å². The van der Waals surface area contributed by atoms with E-state index < -0.39 is 11.2 Å². The number of aromatic nitrogens is 2. The Balaban J connectivity index is 2.15. The number of hydrogen-bond donors (Lipinski definition) is 3. The second kappa shape index (κ2) is 5.73. The number of aromatic amines is 1. The van der Waals surface area contributed by atoms with Gasteiger partial charge >= 0.3 is 5.69 Å². The van der Waals surface area contributed by atoms with E-state index in [1.807, 2.05) is 11.8 Å². The lowest BCUT2D eigenvalue weighted by Crippen LogP contribution is -2.34. The predicted octanol–water partition coefficient (Wildman–Crippen LogP) is 0.742. The molecular formula is C12H20N4O2S. The van der Waals surface area contributed by atoms with Gasteiger partial charge in [-0.15, -0.1) is 0 Å². The fourth-order valence-electron chi connectivity index (χ4n) is 2.44. The summed E-state index contributed by atoms with van der Waals surface area (Å²) in [6.45, 7) is 2.15. The van der Waals surface area contributed by atoms with E-state index in [0.29, 0.717) is 10.9 Å². The molecule has 1 fully saturated rings. The van der Waals surface area contributed by atoms with Crippen molar-refractivity contribution in [2.24, 2.45) is 7.05 Å². The molecule has 4 N–H and O–H groups in total. The molecule has 1 aliphatic rings. The lowest BCUT2D eigenvalue weighted by molar-refractivity contribution is 0.744. The second-order valence-electron chi connectivity index (χ2n) is 4.81. The first-order valence-corrected chi connectivity index (χ1v) is 7.54. The molecule has 0 saturated heterocycles. The summed E-state index contributed by atoms with van der Waals surface area (Å²) in [5, 5.41) is 3.84. The lowest BCUT2D eigenvalue weighted by Gasteiger charge is -2.16. The van der Waals surface area contributed by atoms with Crippen molar-refractivity contribution in [3.8, 4) is 0 Å². The summed E-state index contributed by atoms with van der Waals surface area (Å²) < 4.78 is 1.25.